The van der Waals surface area contributed by atoms with Crippen LogP contribution in [0.5, 0.6) is 11.5 Å². The Hall–Kier alpha value is -3.34. The standard InChI is InChI=1S/C53H82O5/c1-37(2)19-14-20-38(3)21-15-22-39(4)25-17-34-53(13)35-31-46-45(10)50(43(8)44(9)51(46)58-53)57-49(55)30-29-48(54)56-36-32-41(6)24-16-23-40(5)27-28-47-42(7)26-18-33-52(47,11)12/h16,23-24,27-28,32,37-39H,14-15,17-22,25-26,29-31,33-36H2,1-13H3. The number of ether oxygens (including phenoxy) is 3. The van der Waals surface area contributed by atoms with Gasteiger partial charge in [0.15, 0.2) is 0 Å². The van der Waals surface area contributed by atoms with Crippen LogP contribution in [-0.2, 0) is 20.7 Å². The number of rotatable bonds is 22. The number of esters is 2. The van der Waals surface area contributed by atoms with E-state index in [-0.39, 0.29) is 30.5 Å². The average molecular weight is 799 g/mol. The predicted molar refractivity (Wildman–Crippen MR) is 245 cm³/mol. The lowest BCUT2D eigenvalue weighted by atomic mass is 9.72. The number of hydrogen-bond acceptors (Lipinski definition) is 5. The minimum atomic E-state index is -0.428. The minimum Gasteiger partial charge on any atom is -0.487 e. The van der Waals surface area contributed by atoms with E-state index in [1.165, 1.54) is 87.3 Å². The molecular formula is C53H82O5. The fourth-order valence-corrected chi connectivity index (χ4v) is 8.82. The van der Waals surface area contributed by atoms with Crippen LogP contribution in [0.4, 0.5) is 0 Å². The zero-order chi connectivity index (χ0) is 43.0. The van der Waals surface area contributed by atoms with E-state index in [1.54, 1.807) is 0 Å². The third kappa shape index (κ3) is 16.0. The molecule has 0 saturated heterocycles. The summed E-state index contributed by atoms with van der Waals surface area (Å²) in [6, 6.07) is 0. The second-order valence-electron chi connectivity index (χ2n) is 19.6. The number of fused-ring (bicyclic) bond motifs is 1. The molecule has 1 aliphatic carbocycles. The van der Waals surface area contributed by atoms with Crippen LogP contribution in [0.2, 0.25) is 0 Å². The molecule has 1 aromatic carbocycles. The highest BCUT2D eigenvalue weighted by Gasteiger charge is 2.35. The van der Waals surface area contributed by atoms with Crippen LogP contribution in [0.25, 0.3) is 0 Å². The third-order valence-electron chi connectivity index (χ3n) is 13.0. The lowest BCUT2D eigenvalue weighted by Crippen LogP contribution is -2.37. The Labute approximate surface area is 355 Å². The number of benzene rings is 1. The zero-order valence-electron chi connectivity index (χ0n) is 39.3. The van der Waals surface area contributed by atoms with Crippen LogP contribution in [0.3, 0.4) is 0 Å². The summed E-state index contributed by atoms with van der Waals surface area (Å²) in [7, 11) is 0. The van der Waals surface area contributed by atoms with Crippen molar-refractivity contribution >= 4 is 11.9 Å². The summed E-state index contributed by atoms with van der Waals surface area (Å²) in [5.74, 6) is 3.11. The molecule has 3 unspecified atom stereocenters. The smallest absolute Gasteiger partial charge is 0.311 e. The maximum absolute atomic E-state index is 13.0. The fourth-order valence-electron chi connectivity index (χ4n) is 8.82. The molecule has 0 amide bonds. The molecule has 0 aromatic heterocycles. The number of hydrogen-bond donors (Lipinski definition) is 0. The summed E-state index contributed by atoms with van der Waals surface area (Å²) in [6.07, 6.45) is 29.5. The van der Waals surface area contributed by atoms with Gasteiger partial charge in [-0.25, -0.2) is 0 Å². The molecule has 0 bridgehead atoms. The van der Waals surface area contributed by atoms with Gasteiger partial charge in [0.05, 0.1) is 12.8 Å². The highest BCUT2D eigenvalue weighted by Crippen LogP contribution is 2.45. The van der Waals surface area contributed by atoms with Crippen molar-refractivity contribution in [3.05, 3.63) is 81.0 Å². The van der Waals surface area contributed by atoms with Crippen LogP contribution >= 0.6 is 0 Å². The topological polar surface area (TPSA) is 61.8 Å². The van der Waals surface area contributed by atoms with Gasteiger partial charge < -0.3 is 14.2 Å². The van der Waals surface area contributed by atoms with Crippen LogP contribution in [0, 0.1) is 43.9 Å². The molecule has 0 spiro atoms. The van der Waals surface area contributed by atoms with Gasteiger partial charge in [0, 0.05) is 5.56 Å². The molecular weight excluding hydrogens is 717 g/mol. The summed E-state index contributed by atoms with van der Waals surface area (Å²) in [4.78, 5) is 25.5. The van der Waals surface area contributed by atoms with E-state index in [9.17, 15) is 9.59 Å². The molecule has 3 atom stereocenters. The zero-order valence-corrected chi connectivity index (χ0v) is 39.3. The Morgan fingerprint density at radius 3 is 2.05 bits per heavy atom. The molecule has 324 valence electrons. The second-order valence-corrected chi connectivity index (χ2v) is 19.6. The second kappa shape index (κ2) is 23.4. The first-order chi connectivity index (χ1) is 27.3. The Balaban J connectivity index is 1.42. The molecule has 1 heterocycles. The van der Waals surface area contributed by atoms with E-state index in [1.807, 2.05) is 39.0 Å². The van der Waals surface area contributed by atoms with Gasteiger partial charge in [-0.1, -0.05) is 134 Å². The van der Waals surface area contributed by atoms with E-state index < -0.39 is 11.9 Å². The van der Waals surface area contributed by atoms with Gasteiger partial charge in [0.1, 0.15) is 23.7 Å². The van der Waals surface area contributed by atoms with Crippen molar-refractivity contribution in [2.75, 3.05) is 6.61 Å². The van der Waals surface area contributed by atoms with Crippen molar-refractivity contribution < 1.29 is 23.8 Å². The first kappa shape index (κ1) is 49.0. The summed E-state index contributed by atoms with van der Waals surface area (Å²) in [5.41, 5.74) is 9.21. The van der Waals surface area contributed by atoms with Crippen molar-refractivity contribution in [2.24, 2.45) is 23.2 Å². The molecule has 1 aromatic rings. The lowest BCUT2D eigenvalue weighted by molar-refractivity contribution is -0.146. The predicted octanol–water partition coefficient (Wildman–Crippen LogP) is 14.9. The van der Waals surface area contributed by atoms with Crippen molar-refractivity contribution in [2.45, 2.75) is 198 Å². The first-order valence-electron chi connectivity index (χ1n) is 22.9. The quantitative estimate of drug-likeness (QED) is 0.0664. The molecule has 2 aliphatic rings. The Morgan fingerprint density at radius 1 is 0.759 bits per heavy atom. The van der Waals surface area contributed by atoms with E-state index in [0.29, 0.717) is 5.75 Å². The molecule has 3 rings (SSSR count). The molecule has 5 heteroatoms. The van der Waals surface area contributed by atoms with Crippen molar-refractivity contribution in [3.63, 3.8) is 0 Å². The summed E-state index contributed by atoms with van der Waals surface area (Å²) in [5, 5.41) is 0. The Morgan fingerprint density at radius 2 is 1.40 bits per heavy atom. The van der Waals surface area contributed by atoms with Crippen molar-refractivity contribution in [3.8, 4) is 11.5 Å². The summed E-state index contributed by atoms with van der Waals surface area (Å²) >= 11 is 0. The average Bonchev–Trinajstić information content (AvgIpc) is 3.14. The van der Waals surface area contributed by atoms with Crippen LogP contribution < -0.4 is 9.47 Å². The van der Waals surface area contributed by atoms with Crippen LogP contribution in [0.1, 0.15) is 188 Å². The highest BCUT2D eigenvalue weighted by molar-refractivity contribution is 5.80. The van der Waals surface area contributed by atoms with E-state index in [4.69, 9.17) is 14.2 Å². The van der Waals surface area contributed by atoms with Gasteiger partial charge >= 0.3 is 11.9 Å². The monoisotopic (exact) mass is 799 g/mol. The lowest BCUT2D eigenvalue weighted by Gasteiger charge is -2.38. The number of allylic oxidation sites excluding steroid dienone is 9. The Kier molecular flexibility index (Phi) is 19.8. The molecule has 58 heavy (non-hydrogen) atoms. The largest absolute Gasteiger partial charge is 0.487 e. The Bertz CT molecular complexity index is 1680. The summed E-state index contributed by atoms with van der Waals surface area (Å²) in [6.45, 7) is 29.0. The van der Waals surface area contributed by atoms with Gasteiger partial charge in [0.2, 0.25) is 0 Å². The molecule has 0 saturated carbocycles. The highest BCUT2D eigenvalue weighted by atomic mass is 16.5. The van der Waals surface area contributed by atoms with E-state index in [0.717, 1.165) is 70.6 Å². The minimum absolute atomic E-state index is 0.0256. The van der Waals surface area contributed by atoms with Gasteiger partial charge in [-0.3, -0.25) is 9.59 Å². The maximum atomic E-state index is 13.0. The maximum Gasteiger partial charge on any atom is 0.311 e. The number of carbonyl (C=O) groups excluding carboxylic acids is 2. The van der Waals surface area contributed by atoms with Gasteiger partial charge in [-0.15, -0.1) is 0 Å². The molecule has 0 fully saturated rings. The van der Waals surface area contributed by atoms with Gasteiger partial charge in [0.25, 0.3) is 0 Å². The molecule has 0 radical (unpaired) electrons. The van der Waals surface area contributed by atoms with Gasteiger partial charge in [-0.05, 0) is 145 Å². The summed E-state index contributed by atoms with van der Waals surface area (Å²) < 4.78 is 18.2. The molecule has 1 aliphatic heterocycles. The van der Waals surface area contributed by atoms with Crippen molar-refractivity contribution in [1.29, 1.82) is 0 Å². The number of carbonyl (C=O) groups is 2. The third-order valence-corrected chi connectivity index (χ3v) is 13.0. The first-order valence-corrected chi connectivity index (χ1v) is 22.9. The van der Waals surface area contributed by atoms with Gasteiger partial charge in [-0.2, -0.15) is 0 Å². The van der Waals surface area contributed by atoms with E-state index >= 15 is 0 Å². The molecule has 0 N–H and O–H groups in total. The SMILES string of the molecule is CC(C=CC1=C(C)CCCC1(C)C)=CC=CC(C)=CCOC(=O)CCC(=O)Oc1c(C)c(C)c2c(c1C)CCC(C)(CCCC(C)CCCC(C)CCCC(C)C)O2. The van der Waals surface area contributed by atoms with Crippen molar-refractivity contribution in [1.82, 2.24) is 0 Å². The van der Waals surface area contributed by atoms with E-state index in [2.05, 4.69) is 87.5 Å². The molecule has 5 nitrogen and oxygen atoms in total. The fraction of sp³-hybridized carbons (Fsp3) is 0.660. The van der Waals surface area contributed by atoms with Crippen LogP contribution in [0.15, 0.2) is 58.7 Å². The normalized spacial score (nSPS) is 19.8. The van der Waals surface area contributed by atoms with Crippen LogP contribution in [-0.4, -0.2) is 24.1 Å².